The maximum Gasteiger partial charge on any atom is 0.405 e. The van der Waals surface area contributed by atoms with Crippen molar-refractivity contribution in [3.05, 3.63) is 35.9 Å². The zero-order valence-electron chi connectivity index (χ0n) is 12.7. The van der Waals surface area contributed by atoms with Gasteiger partial charge >= 0.3 is 6.18 Å². The number of benzene rings is 1. The number of amides is 1. The van der Waals surface area contributed by atoms with E-state index in [4.69, 9.17) is 0 Å². The zero-order chi connectivity index (χ0) is 16.4. The molecule has 6 heteroatoms. The van der Waals surface area contributed by atoms with Crippen LogP contribution < -0.4 is 10.6 Å². The van der Waals surface area contributed by atoms with E-state index in [1.54, 1.807) is 0 Å². The molecule has 0 spiro atoms. The third-order valence-corrected chi connectivity index (χ3v) is 4.46. The van der Waals surface area contributed by atoms with Gasteiger partial charge in [0.25, 0.3) is 0 Å². The summed E-state index contributed by atoms with van der Waals surface area (Å²) in [4.78, 5) is 11.4. The molecule has 1 aromatic rings. The summed E-state index contributed by atoms with van der Waals surface area (Å²) < 4.78 is 36.1. The molecule has 0 unspecified atom stereocenters. The van der Waals surface area contributed by atoms with Gasteiger partial charge in [-0.3, -0.25) is 4.79 Å². The summed E-state index contributed by atoms with van der Waals surface area (Å²) in [7, 11) is 0. The lowest BCUT2D eigenvalue weighted by atomic mass is 9.56. The Kier molecular flexibility index (Phi) is 4.80. The van der Waals surface area contributed by atoms with Gasteiger partial charge in [0, 0.05) is 6.04 Å². The predicted molar refractivity (Wildman–Crippen MR) is 78.4 cm³/mol. The lowest BCUT2D eigenvalue weighted by molar-refractivity contribution is -0.138. The normalized spacial score (nSPS) is 23.7. The Balaban J connectivity index is 1.80. The highest BCUT2D eigenvalue weighted by Crippen LogP contribution is 2.52. The summed E-state index contributed by atoms with van der Waals surface area (Å²) in [5.41, 5.74) is 1.22. The smallest absolute Gasteiger partial charge is 0.346 e. The van der Waals surface area contributed by atoms with Crippen LogP contribution in [0.3, 0.4) is 0 Å². The van der Waals surface area contributed by atoms with Crippen LogP contribution in [0.5, 0.6) is 0 Å². The van der Waals surface area contributed by atoms with E-state index in [9.17, 15) is 18.0 Å². The highest BCUT2D eigenvalue weighted by atomic mass is 19.4. The van der Waals surface area contributed by atoms with Crippen molar-refractivity contribution >= 4 is 5.91 Å². The fraction of sp³-hybridized carbons (Fsp3) is 0.562. The zero-order valence-corrected chi connectivity index (χ0v) is 12.7. The predicted octanol–water partition coefficient (Wildman–Crippen LogP) is 2.84. The van der Waals surface area contributed by atoms with Crippen molar-refractivity contribution in [2.24, 2.45) is 5.41 Å². The highest BCUT2D eigenvalue weighted by molar-refractivity contribution is 5.78. The van der Waals surface area contributed by atoms with Crippen molar-refractivity contribution in [2.45, 2.75) is 38.4 Å². The molecule has 0 heterocycles. The second kappa shape index (κ2) is 6.28. The monoisotopic (exact) mass is 314 g/mol. The Morgan fingerprint density at radius 3 is 2.45 bits per heavy atom. The van der Waals surface area contributed by atoms with Gasteiger partial charge in [-0.2, -0.15) is 13.2 Å². The van der Waals surface area contributed by atoms with Crippen LogP contribution >= 0.6 is 0 Å². The maximum atomic E-state index is 12.0. The number of halogens is 3. The molecule has 0 aromatic heterocycles. The first kappa shape index (κ1) is 16.8. The van der Waals surface area contributed by atoms with Crippen molar-refractivity contribution in [1.29, 1.82) is 0 Å². The minimum atomic E-state index is -4.37. The van der Waals surface area contributed by atoms with E-state index < -0.39 is 18.6 Å². The molecular formula is C16H21F3N2O. The van der Waals surface area contributed by atoms with Crippen LogP contribution in [0, 0.1) is 5.41 Å². The largest absolute Gasteiger partial charge is 0.405 e. The lowest BCUT2D eigenvalue weighted by Gasteiger charge is -2.53. The lowest BCUT2D eigenvalue weighted by Crippen LogP contribution is -2.57. The summed E-state index contributed by atoms with van der Waals surface area (Å²) in [5, 5.41) is 4.94. The van der Waals surface area contributed by atoms with Gasteiger partial charge in [-0.05, 0) is 23.3 Å². The van der Waals surface area contributed by atoms with Gasteiger partial charge in [0.2, 0.25) is 5.91 Å². The fourth-order valence-electron chi connectivity index (χ4n) is 3.00. The fourth-order valence-corrected chi connectivity index (χ4v) is 3.00. The third-order valence-electron chi connectivity index (χ3n) is 4.46. The van der Waals surface area contributed by atoms with Crippen molar-refractivity contribution < 1.29 is 18.0 Å². The first-order chi connectivity index (χ1) is 10.2. The molecule has 1 amide bonds. The van der Waals surface area contributed by atoms with Crippen molar-refractivity contribution in [3.8, 4) is 0 Å². The van der Waals surface area contributed by atoms with Crippen LogP contribution in [0.15, 0.2) is 30.3 Å². The van der Waals surface area contributed by atoms with Gasteiger partial charge in [0.15, 0.2) is 0 Å². The highest BCUT2D eigenvalue weighted by Gasteiger charge is 2.48. The van der Waals surface area contributed by atoms with Crippen LogP contribution in [0.1, 0.15) is 31.7 Å². The summed E-state index contributed by atoms with van der Waals surface area (Å²) >= 11 is 0. The van der Waals surface area contributed by atoms with Gasteiger partial charge in [0.1, 0.15) is 6.54 Å². The molecule has 1 fully saturated rings. The number of hydrogen-bond donors (Lipinski definition) is 2. The minimum Gasteiger partial charge on any atom is -0.346 e. The molecule has 122 valence electrons. The number of alkyl halides is 3. The van der Waals surface area contributed by atoms with Gasteiger partial charge in [-0.25, -0.2) is 0 Å². The Morgan fingerprint density at radius 1 is 1.27 bits per heavy atom. The van der Waals surface area contributed by atoms with E-state index >= 15 is 0 Å². The van der Waals surface area contributed by atoms with Crippen molar-refractivity contribution in [3.63, 3.8) is 0 Å². The Bertz CT molecular complexity index is 514. The molecule has 2 atom stereocenters. The minimum absolute atomic E-state index is 0.0361. The first-order valence-electron chi connectivity index (χ1n) is 7.32. The van der Waals surface area contributed by atoms with Crippen LogP contribution in [0.4, 0.5) is 13.2 Å². The van der Waals surface area contributed by atoms with E-state index in [2.05, 4.69) is 31.3 Å². The van der Waals surface area contributed by atoms with Crippen LogP contribution in [-0.4, -0.2) is 31.2 Å². The Labute approximate surface area is 128 Å². The van der Waals surface area contributed by atoms with Crippen LogP contribution in [-0.2, 0) is 4.79 Å². The summed E-state index contributed by atoms with van der Waals surface area (Å²) in [6.07, 6.45) is -3.49. The first-order valence-corrected chi connectivity index (χ1v) is 7.32. The van der Waals surface area contributed by atoms with Crippen molar-refractivity contribution in [2.75, 3.05) is 13.1 Å². The molecule has 3 nitrogen and oxygen atoms in total. The molecule has 0 saturated heterocycles. The average molecular weight is 314 g/mol. The summed E-state index contributed by atoms with van der Waals surface area (Å²) in [5.74, 6) is -0.235. The van der Waals surface area contributed by atoms with E-state index in [0.717, 1.165) is 6.42 Å². The second-order valence-electron chi connectivity index (χ2n) is 6.35. The van der Waals surface area contributed by atoms with Crippen molar-refractivity contribution in [1.82, 2.24) is 10.6 Å². The van der Waals surface area contributed by atoms with E-state index in [-0.39, 0.29) is 18.0 Å². The molecule has 0 aliphatic heterocycles. The molecule has 1 aliphatic carbocycles. The molecule has 2 rings (SSSR count). The number of rotatable bonds is 5. The number of carbonyl (C=O) groups excluding carboxylic acids is 1. The van der Waals surface area contributed by atoms with Gasteiger partial charge in [-0.1, -0.05) is 44.2 Å². The molecule has 22 heavy (non-hydrogen) atoms. The molecule has 1 saturated carbocycles. The Morgan fingerprint density at radius 2 is 1.91 bits per heavy atom. The SMILES string of the molecule is CC1(C)[C@@H](NCC(=O)NCC(F)(F)F)C[C@H]1c1ccccc1. The van der Waals surface area contributed by atoms with E-state index in [1.807, 2.05) is 23.5 Å². The molecular weight excluding hydrogens is 293 g/mol. The number of nitrogens with one attached hydrogen (secondary N) is 2. The quantitative estimate of drug-likeness (QED) is 0.877. The second-order valence-corrected chi connectivity index (χ2v) is 6.35. The Hall–Kier alpha value is -1.56. The summed E-state index contributed by atoms with van der Waals surface area (Å²) in [6.45, 7) is 2.85. The number of hydrogen-bond acceptors (Lipinski definition) is 2. The molecule has 1 aliphatic rings. The molecule has 0 bridgehead atoms. The van der Waals surface area contributed by atoms with Gasteiger partial charge < -0.3 is 10.6 Å². The molecule has 1 aromatic carbocycles. The van der Waals surface area contributed by atoms with Crippen LogP contribution in [0.25, 0.3) is 0 Å². The number of carbonyl (C=O) groups is 1. The topological polar surface area (TPSA) is 41.1 Å². The average Bonchev–Trinajstić information content (AvgIpc) is 2.44. The molecule has 2 N–H and O–H groups in total. The molecule has 0 radical (unpaired) electrons. The standard InChI is InChI=1S/C16H21F3N2O/c1-15(2)12(11-6-4-3-5-7-11)8-13(15)20-9-14(22)21-10-16(17,18)19/h3-7,12-13,20H,8-10H2,1-2H3,(H,21,22)/t12-,13-/m0/s1. The third kappa shape index (κ3) is 4.00. The van der Waals surface area contributed by atoms with Gasteiger partial charge in [0.05, 0.1) is 6.54 Å². The van der Waals surface area contributed by atoms with E-state index in [0.29, 0.717) is 5.92 Å². The summed E-state index contributed by atoms with van der Waals surface area (Å²) in [6, 6.07) is 10.2. The maximum absolute atomic E-state index is 12.0. The van der Waals surface area contributed by atoms with Crippen LogP contribution in [0.2, 0.25) is 0 Å². The van der Waals surface area contributed by atoms with Gasteiger partial charge in [-0.15, -0.1) is 0 Å². The van der Waals surface area contributed by atoms with E-state index in [1.165, 1.54) is 5.56 Å².